The molecule has 2 saturated heterocycles. The molecule has 0 bridgehead atoms. The third-order valence-corrected chi connectivity index (χ3v) is 5.15. The molecule has 2 aromatic rings. The predicted molar refractivity (Wildman–Crippen MR) is 99.4 cm³/mol. The molecule has 0 radical (unpaired) electrons. The van der Waals surface area contributed by atoms with Crippen molar-refractivity contribution in [2.45, 2.75) is 12.6 Å². The summed E-state index contributed by atoms with van der Waals surface area (Å²) >= 11 is 0. The third kappa shape index (κ3) is 3.32. The smallest absolute Gasteiger partial charge is 0.320 e. The van der Waals surface area contributed by atoms with Crippen LogP contribution in [0.2, 0.25) is 0 Å². The molecule has 1 aromatic heterocycles. The zero-order valence-corrected chi connectivity index (χ0v) is 15.2. The molecule has 0 N–H and O–H groups in total. The number of urea groups is 1. The molecule has 140 valence electrons. The maximum Gasteiger partial charge on any atom is 0.320 e. The summed E-state index contributed by atoms with van der Waals surface area (Å²) in [4.78, 5) is 35.3. The second kappa shape index (κ2) is 7.26. The number of para-hydroxylation sites is 1. The van der Waals surface area contributed by atoms with Crippen molar-refractivity contribution in [1.29, 1.82) is 0 Å². The zero-order chi connectivity index (χ0) is 18.8. The molecule has 1 unspecified atom stereocenters. The summed E-state index contributed by atoms with van der Waals surface area (Å²) in [6.07, 6.45) is 3.50. The summed E-state index contributed by atoms with van der Waals surface area (Å²) in [6.45, 7) is 2.77. The van der Waals surface area contributed by atoms with Crippen molar-refractivity contribution < 1.29 is 14.3 Å². The van der Waals surface area contributed by atoms with E-state index in [1.54, 1.807) is 31.6 Å². The highest BCUT2D eigenvalue weighted by molar-refractivity contribution is 5.97. The molecule has 1 atom stereocenters. The number of piperazine rings is 1. The number of carbonyl (C=O) groups is 2. The van der Waals surface area contributed by atoms with Crippen LogP contribution in [0.5, 0.6) is 5.75 Å². The molecular weight excluding hydrogens is 344 g/mol. The van der Waals surface area contributed by atoms with Crippen LogP contribution in [-0.2, 0) is 6.54 Å². The molecular formula is C20H22N4O3. The fourth-order valence-electron chi connectivity index (χ4n) is 3.80. The third-order valence-electron chi connectivity index (χ3n) is 5.15. The van der Waals surface area contributed by atoms with Crippen molar-refractivity contribution in [2.24, 2.45) is 0 Å². The van der Waals surface area contributed by atoms with Crippen LogP contribution in [0, 0.1) is 0 Å². The van der Waals surface area contributed by atoms with E-state index in [1.165, 1.54) is 0 Å². The number of ether oxygens (including phenoxy) is 1. The van der Waals surface area contributed by atoms with Gasteiger partial charge >= 0.3 is 6.03 Å². The molecule has 0 aliphatic carbocycles. The van der Waals surface area contributed by atoms with E-state index >= 15 is 0 Å². The van der Waals surface area contributed by atoms with Gasteiger partial charge in [-0.3, -0.25) is 9.78 Å². The van der Waals surface area contributed by atoms with Gasteiger partial charge in [0, 0.05) is 45.1 Å². The van der Waals surface area contributed by atoms with Crippen LogP contribution >= 0.6 is 0 Å². The molecule has 0 spiro atoms. The van der Waals surface area contributed by atoms with Crippen LogP contribution < -0.4 is 4.74 Å². The fourth-order valence-corrected chi connectivity index (χ4v) is 3.80. The number of pyridine rings is 1. The highest BCUT2D eigenvalue weighted by Gasteiger charge is 2.41. The van der Waals surface area contributed by atoms with Gasteiger partial charge in [0.15, 0.2) is 0 Å². The molecule has 7 heteroatoms. The standard InChI is InChI=1S/C20H22N4O3/c1-27-18-7-3-2-6-17(18)19(25)22-9-10-24-16(13-22)14-23(20(24)26)12-15-5-4-8-21-11-15/h2-8,11,16H,9-10,12-14H2,1H3. The number of benzene rings is 1. The summed E-state index contributed by atoms with van der Waals surface area (Å²) < 4.78 is 5.32. The summed E-state index contributed by atoms with van der Waals surface area (Å²) in [7, 11) is 1.57. The first kappa shape index (κ1) is 17.3. The Morgan fingerprint density at radius 1 is 1.19 bits per heavy atom. The number of fused-ring (bicyclic) bond motifs is 1. The van der Waals surface area contributed by atoms with Crippen LogP contribution in [0.3, 0.4) is 0 Å². The molecule has 1 aromatic carbocycles. The molecule has 4 rings (SSSR count). The Kier molecular flexibility index (Phi) is 4.66. The van der Waals surface area contributed by atoms with E-state index in [4.69, 9.17) is 4.74 Å². The average molecular weight is 366 g/mol. The second-order valence-corrected chi connectivity index (χ2v) is 6.82. The van der Waals surface area contributed by atoms with Crippen molar-refractivity contribution in [3.63, 3.8) is 0 Å². The van der Waals surface area contributed by atoms with Gasteiger partial charge in [-0.1, -0.05) is 18.2 Å². The minimum Gasteiger partial charge on any atom is -0.496 e. The first-order valence-electron chi connectivity index (χ1n) is 9.04. The number of hydrogen-bond donors (Lipinski definition) is 0. The molecule has 2 fully saturated rings. The maximum absolute atomic E-state index is 12.9. The zero-order valence-electron chi connectivity index (χ0n) is 15.2. The van der Waals surface area contributed by atoms with Gasteiger partial charge in [-0.15, -0.1) is 0 Å². The van der Waals surface area contributed by atoms with Gasteiger partial charge in [0.1, 0.15) is 5.75 Å². The van der Waals surface area contributed by atoms with E-state index < -0.39 is 0 Å². The van der Waals surface area contributed by atoms with Crippen LogP contribution in [0.15, 0.2) is 48.8 Å². The molecule has 7 nitrogen and oxygen atoms in total. The van der Waals surface area contributed by atoms with Crippen molar-refractivity contribution in [3.05, 3.63) is 59.9 Å². The molecule has 3 amide bonds. The van der Waals surface area contributed by atoms with Crippen LogP contribution in [0.1, 0.15) is 15.9 Å². The Balaban J connectivity index is 1.45. The quantitative estimate of drug-likeness (QED) is 0.828. The average Bonchev–Trinajstić information content (AvgIpc) is 3.03. The monoisotopic (exact) mass is 366 g/mol. The topological polar surface area (TPSA) is 66.0 Å². The lowest BCUT2D eigenvalue weighted by molar-refractivity contribution is 0.0613. The highest BCUT2D eigenvalue weighted by atomic mass is 16.5. The van der Waals surface area contributed by atoms with E-state index in [0.717, 1.165) is 5.56 Å². The lowest BCUT2D eigenvalue weighted by atomic mass is 10.1. The van der Waals surface area contributed by atoms with Crippen molar-refractivity contribution in [2.75, 3.05) is 33.3 Å². The molecule has 2 aliphatic rings. The van der Waals surface area contributed by atoms with Gasteiger partial charge in [-0.2, -0.15) is 0 Å². The van der Waals surface area contributed by atoms with E-state index in [0.29, 0.717) is 44.0 Å². The first-order valence-corrected chi connectivity index (χ1v) is 9.04. The van der Waals surface area contributed by atoms with Crippen LogP contribution in [0.4, 0.5) is 4.79 Å². The highest BCUT2D eigenvalue weighted by Crippen LogP contribution is 2.25. The van der Waals surface area contributed by atoms with E-state index in [2.05, 4.69) is 4.98 Å². The first-order chi connectivity index (χ1) is 13.2. The number of hydrogen-bond acceptors (Lipinski definition) is 4. The Labute approximate surface area is 158 Å². The van der Waals surface area contributed by atoms with Crippen molar-refractivity contribution >= 4 is 11.9 Å². The van der Waals surface area contributed by atoms with E-state index in [9.17, 15) is 9.59 Å². The van der Waals surface area contributed by atoms with E-state index in [-0.39, 0.29) is 18.0 Å². The summed E-state index contributed by atoms with van der Waals surface area (Å²) in [5, 5.41) is 0. The van der Waals surface area contributed by atoms with Gasteiger partial charge < -0.3 is 19.4 Å². The molecule has 0 saturated carbocycles. The number of nitrogens with zero attached hydrogens (tertiary/aromatic N) is 4. The molecule has 3 heterocycles. The number of amides is 3. The Hall–Kier alpha value is -3.09. The second-order valence-electron chi connectivity index (χ2n) is 6.82. The normalized spacial score (nSPS) is 19.2. The predicted octanol–water partition coefficient (Wildman–Crippen LogP) is 1.85. The summed E-state index contributed by atoms with van der Waals surface area (Å²) in [5.74, 6) is 0.524. The van der Waals surface area contributed by atoms with Crippen LogP contribution in [0.25, 0.3) is 0 Å². The maximum atomic E-state index is 12.9. The Morgan fingerprint density at radius 3 is 2.81 bits per heavy atom. The minimum absolute atomic E-state index is 0.0154. The van der Waals surface area contributed by atoms with Crippen molar-refractivity contribution in [3.8, 4) is 5.75 Å². The summed E-state index contributed by atoms with van der Waals surface area (Å²) in [5.41, 5.74) is 1.57. The van der Waals surface area contributed by atoms with Crippen molar-refractivity contribution in [1.82, 2.24) is 19.7 Å². The largest absolute Gasteiger partial charge is 0.496 e. The fraction of sp³-hybridized carbons (Fsp3) is 0.350. The van der Waals surface area contributed by atoms with E-state index in [1.807, 2.05) is 39.0 Å². The van der Waals surface area contributed by atoms with Gasteiger partial charge in [-0.25, -0.2) is 4.79 Å². The lowest BCUT2D eigenvalue weighted by Gasteiger charge is -2.36. The number of carbonyl (C=O) groups excluding carboxylic acids is 2. The SMILES string of the molecule is COc1ccccc1C(=O)N1CCN2C(=O)N(Cc3cccnc3)CC2C1. The number of methoxy groups -OCH3 is 1. The number of aromatic nitrogens is 1. The Morgan fingerprint density at radius 2 is 2.04 bits per heavy atom. The molecule has 2 aliphatic heterocycles. The van der Waals surface area contributed by atoms with Gasteiger partial charge in [0.2, 0.25) is 0 Å². The minimum atomic E-state index is -0.0507. The van der Waals surface area contributed by atoms with Gasteiger partial charge in [0.05, 0.1) is 18.7 Å². The number of rotatable bonds is 4. The van der Waals surface area contributed by atoms with Gasteiger partial charge in [0.25, 0.3) is 5.91 Å². The lowest BCUT2D eigenvalue weighted by Crippen LogP contribution is -2.53. The Bertz CT molecular complexity index is 842. The molecule has 27 heavy (non-hydrogen) atoms. The van der Waals surface area contributed by atoms with Crippen LogP contribution in [-0.4, -0.2) is 71.0 Å². The van der Waals surface area contributed by atoms with Gasteiger partial charge in [-0.05, 0) is 23.8 Å². The summed E-state index contributed by atoms with van der Waals surface area (Å²) in [6, 6.07) is 11.1.